The fraction of sp³-hybridized carbons (Fsp3) is 0.400. The Morgan fingerprint density at radius 3 is 2.69 bits per heavy atom. The van der Waals surface area contributed by atoms with Crippen molar-refractivity contribution in [1.29, 1.82) is 0 Å². The number of aliphatic hydroxyl groups is 1. The SMILES string of the molecule is Cc1cc2c(O)c(-c3nnc(N[C@H]4CCCC[C@H]4O)cc3C)ccc2s1. The van der Waals surface area contributed by atoms with Crippen LogP contribution in [0.4, 0.5) is 5.82 Å². The summed E-state index contributed by atoms with van der Waals surface area (Å²) in [6, 6.07) is 7.90. The molecule has 3 N–H and O–H groups in total. The number of phenolic OH excluding ortho intramolecular Hbond substituents is 1. The van der Waals surface area contributed by atoms with Crippen molar-refractivity contribution >= 4 is 27.2 Å². The van der Waals surface area contributed by atoms with Crippen LogP contribution in [0.3, 0.4) is 0 Å². The molecule has 2 atom stereocenters. The Bertz CT molecular complexity index is 954. The molecule has 1 aliphatic rings. The lowest BCUT2D eigenvalue weighted by atomic mass is 9.92. The average molecular weight is 369 g/mol. The smallest absolute Gasteiger partial charge is 0.149 e. The maximum atomic E-state index is 10.7. The highest BCUT2D eigenvalue weighted by Gasteiger charge is 2.23. The third-order valence-electron chi connectivity index (χ3n) is 5.10. The third kappa shape index (κ3) is 3.15. The molecule has 136 valence electrons. The van der Waals surface area contributed by atoms with Gasteiger partial charge < -0.3 is 15.5 Å². The first-order valence-electron chi connectivity index (χ1n) is 9.04. The monoisotopic (exact) mass is 369 g/mol. The minimum absolute atomic E-state index is 0.0295. The number of benzene rings is 1. The van der Waals surface area contributed by atoms with Gasteiger partial charge in [0.25, 0.3) is 0 Å². The van der Waals surface area contributed by atoms with Gasteiger partial charge in [0.05, 0.1) is 17.8 Å². The Morgan fingerprint density at radius 2 is 1.92 bits per heavy atom. The second kappa shape index (κ2) is 6.85. The molecule has 1 saturated carbocycles. The van der Waals surface area contributed by atoms with E-state index in [2.05, 4.69) is 15.5 Å². The molecule has 3 aromatic rings. The standard InChI is InChI=1S/C20H23N3O2S/c1-11-9-18(21-15-5-3-4-6-16(15)24)22-23-19(11)13-7-8-17-14(20(13)25)10-12(2)26-17/h7-10,15-16,24-25H,3-6H2,1-2H3,(H,21,22)/t15-,16+/m0/s1. The molecule has 0 aliphatic heterocycles. The fourth-order valence-electron chi connectivity index (χ4n) is 3.71. The largest absolute Gasteiger partial charge is 0.507 e. The number of nitrogens with zero attached hydrogens (tertiary/aromatic N) is 2. The van der Waals surface area contributed by atoms with Crippen molar-refractivity contribution in [1.82, 2.24) is 10.2 Å². The molecular weight excluding hydrogens is 346 g/mol. The van der Waals surface area contributed by atoms with Crippen molar-refractivity contribution in [2.75, 3.05) is 5.32 Å². The van der Waals surface area contributed by atoms with Gasteiger partial charge in [0.15, 0.2) is 0 Å². The normalized spacial score (nSPS) is 20.4. The summed E-state index contributed by atoms with van der Waals surface area (Å²) in [6.07, 6.45) is 3.63. The topological polar surface area (TPSA) is 78.3 Å². The van der Waals surface area contributed by atoms with E-state index in [0.717, 1.165) is 41.3 Å². The molecule has 1 fully saturated rings. The van der Waals surface area contributed by atoms with E-state index in [-0.39, 0.29) is 17.9 Å². The number of rotatable bonds is 3. The Balaban J connectivity index is 1.65. The van der Waals surface area contributed by atoms with Crippen LogP contribution in [-0.2, 0) is 0 Å². The minimum Gasteiger partial charge on any atom is -0.507 e. The Morgan fingerprint density at radius 1 is 1.12 bits per heavy atom. The zero-order valence-corrected chi connectivity index (χ0v) is 15.8. The first-order valence-corrected chi connectivity index (χ1v) is 9.86. The summed E-state index contributed by atoms with van der Waals surface area (Å²) in [5, 5.41) is 33.7. The van der Waals surface area contributed by atoms with E-state index in [0.29, 0.717) is 17.1 Å². The summed E-state index contributed by atoms with van der Waals surface area (Å²) in [4.78, 5) is 1.17. The van der Waals surface area contributed by atoms with Gasteiger partial charge in [0.1, 0.15) is 11.6 Å². The molecule has 2 heterocycles. The van der Waals surface area contributed by atoms with Crippen LogP contribution >= 0.6 is 11.3 Å². The minimum atomic E-state index is -0.334. The van der Waals surface area contributed by atoms with Crippen LogP contribution < -0.4 is 5.32 Å². The molecular formula is C20H23N3O2S. The van der Waals surface area contributed by atoms with E-state index in [1.165, 1.54) is 4.88 Å². The van der Waals surface area contributed by atoms with Gasteiger partial charge in [-0.3, -0.25) is 0 Å². The van der Waals surface area contributed by atoms with Crippen LogP contribution in [0.15, 0.2) is 24.3 Å². The highest BCUT2D eigenvalue weighted by Crippen LogP contribution is 2.39. The molecule has 5 nitrogen and oxygen atoms in total. The highest BCUT2D eigenvalue weighted by atomic mass is 32.1. The molecule has 26 heavy (non-hydrogen) atoms. The molecule has 0 unspecified atom stereocenters. The Labute approximate surface area is 156 Å². The molecule has 0 amide bonds. The number of thiophene rings is 1. The van der Waals surface area contributed by atoms with Gasteiger partial charge in [-0.2, -0.15) is 0 Å². The zero-order chi connectivity index (χ0) is 18.3. The van der Waals surface area contributed by atoms with Crippen molar-refractivity contribution in [3.05, 3.63) is 34.7 Å². The van der Waals surface area contributed by atoms with Crippen LogP contribution in [0.2, 0.25) is 0 Å². The summed E-state index contributed by atoms with van der Waals surface area (Å²) in [5.74, 6) is 0.928. The van der Waals surface area contributed by atoms with Gasteiger partial charge in [0, 0.05) is 20.5 Å². The molecule has 0 radical (unpaired) electrons. The predicted octanol–water partition coefficient (Wildman–Crippen LogP) is 4.40. The van der Waals surface area contributed by atoms with E-state index in [9.17, 15) is 10.2 Å². The number of fused-ring (bicyclic) bond motifs is 1. The Kier molecular flexibility index (Phi) is 4.54. The van der Waals surface area contributed by atoms with Crippen LogP contribution in [0.25, 0.3) is 21.3 Å². The fourth-order valence-corrected chi connectivity index (χ4v) is 4.63. The van der Waals surface area contributed by atoms with Crippen LogP contribution in [0, 0.1) is 13.8 Å². The zero-order valence-electron chi connectivity index (χ0n) is 15.0. The molecule has 1 aromatic carbocycles. The summed E-state index contributed by atoms with van der Waals surface area (Å²) in [7, 11) is 0. The van der Waals surface area contributed by atoms with E-state index in [1.54, 1.807) is 11.3 Å². The second-order valence-corrected chi connectivity index (χ2v) is 8.38. The number of hydrogen-bond acceptors (Lipinski definition) is 6. The molecule has 0 spiro atoms. The van der Waals surface area contributed by atoms with E-state index in [4.69, 9.17) is 0 Å². The lowest BCUT2D eigenvalue weighted by Crippen LogP contribution is -2.36. The van der Waals surface area contributed by atoms with Gasteiger partial charge >= 0.3 is 0 Å². The van der Waals surface area contributed by atoms with Crippen molar-refractivity contribution in [3.8, 4) is 17.0 Å². The van der Waals surface area contributed by atoms with Crippen molar-refractivity contribution in [2.24, 2.45) is 0 Å². The molecule has 0 bridgehead atoms. The molecule has 2 aromatic heterocycles. The number of aryl methyl sites for hydroxylation is 2. The van der Waals surface area contributed by atoms with Crippen molar-refractivity contribution in [2.45, 2.75) is 51.7 Å². The van der Waals surface area contributed by atoms with Gasteiger partial charge in [-0.1, -0.05) is 12.8 Å². The Hall–Kier alpha value is -2.18. The molecule has 1 aliphatic carbocycles. The van der Waals surface area contributed by atoms with Crippen molar-refractivity contribution in [3.63, 3.8) is 0 Å². The second-order valence-electron chi connectivity index (χ2n) is 7.09. The number of phenols is 1. The predicted molar refractivity (Wildman–Crippen MR) is 106 cm³/mol. The van der Waals surface area contributed by atoms with E-state index >= 15 is 0 Å². The summed E-state index contributed by atoms with van der Waals surface area (Å²) >= 11 is 1.67. The van der Waals surface area contributed by atoms with Gasteiger partial charge in [-0.25, -0.2) is 0 Å². The van der Waals surface area contributed by atoms with Gasteiger partial charge in [-0.15, -0.1) is 21.5 Å². The summed E-state index contributed by atoms with van der Waals surface area (Å²) in [6.45, 7) is 4.00. The maximum Gasteiger partial charge on any atom is 0.149 e. The lowest BCUT2D eigenvalue weighted by molar-refractivity contribution is 0.116. The quantitative estimate of drug-likeness (QED) is 0.638. The van der Waals surface area contributed by atoms with E-state index in [1.807, 2.05) is 38.1 Å². The third-order valence-corrected chi connectivity index (χ3v) is 6.11. The van der Waals surface area contributed by atoms with Gasteiger partial charge in [0.2, 0.25) is 0 Å². The number of aliphatic hydroxyl groups excluding tert-OH is 1. The first-order chi connectivity index (χ1) is 12.5. The first kappa shape index (κ1) is 17.2. The van der Waals surface area contributed by atoms with Gasteiger partial charge in [-0.05, 0) is 56.5 Å². The summed E-state index contributed by atoms with van der Waals surface area (Å²) in [5.41, 5.74) is 2.32. The number of anilines is 1. The summed E-state index contributed by atoms with van der Waals surface area (Å²) < 4.78 is 1.07. The molecule has 4 rings (SSSR count). The molecule has 0 saturated heterocycles. The van der Waals surface area contributed by atoms with E-state index < -0.39 is 0 Å². The number of nitrogens with one attached hydrogen (secondary N) is 1. The number of hydrogen-bond donors (Lipinski definition) is 3. The molecule has 6 heteroatoms. The maximum absolute atomic E-state index is 10.7. The van der Waals surface area contributed by atoms with Crippen LogP contribution in [-0.4, -0.2) is 32.6 Å². The highest BCUT2D eigenvalue weighted by molar-refractivity contribution is 7.19. The number of aromatic hydroxyl groups is 1. The van der Waals surface area contributed by atoms with Crippen LogP contribution in [0.1, 0.15) is 36.1 Å². The lowest BCUT2D eigenvalue weighted by Gasteiger charge is -2.28. The van der Waals surface area contributed by atoms with Crippen LogP contribution in [0.5, 0.6) is 5.75 Å². The van der Waals surface area contributed by atoms with Crippen molar-refractivity contribution < 1.29 is 10.2 Å². The average Bonchev–Trinajstić information content (AvgIpc) is 3.00. The number of aromatic nitrogens is 2.